The Hall–Kier alpha value is -1.44. The zero-order valence-electron chi connectivity index (χ0n) is 12.4. The molecule has 0 aromatic carbocycles. The van der Waals surface area contributed by atoms with E-state index in [1.807, 2.05) is 0 Å². The lowest BCUT2D eigenvalue weighted by molar-refractivity contribution is -0.110. The van der Waals surface area contributed by atoms with Crippen LogP contribution in [0.25, 0.3) is 0 Å². The van der Waals surface area contributed by atoms with Crippen LogP contribution in [0.3, 0.4) is 0 Å². The van der Waals surface area contributed by atoms with Gasteiger partial charge in [-0.25, -0.2) is 4.39 Å². The molecule has 1 aliphatic rings. The van der Waals surface area contributed by atoms with Crippen molar-refractivity contribution < 1.29 is 9.18 Å². The monoisotopic (exact) mass is 276 g/mol. The van der Waals surface area contributed by atoms with Gasteiger partial charge < -0.3 is 0 Å². The summed E-state index contributed by atoms with van der Waals surface area (Å²) in [5.74, 6) is 0.719. The first kappa shape index (κ1) is 16.6. The maximum absolute atomic E-state index is 14.1. The normalized spacial score (nSPS) is 22.3. The van der Waals surface area contributed by atoms with E-state index in [2.05, 4.69) is 20.1 Å². The maximum Gasteiger partial charge on any atom is 0.178 e. The highest BCUT2D eigenvalue weighted by Crippen LogP contribution is 2.27. The molecule has 0 aromatic rings. The summed E-state index contributed by atoms with van der Waals surface area (Å²) in [6.07, 6.45) is 12.3. The third-order valence-corrected chi connectivity index (χ3v) is 3.85. The number of carbonyl (C=O) groups excluding carboxylic acids is 1. The molecule has 1 rings (SSSR count). The first-order valence-electron chi connectivity index (χ1n) is 7.32. The van der Waals surface area contributed by atoms with Crippen LogP contribution in [0.4, 0.5) is 4.39 Å². The summed E-state index contributed by atoms with van der Waals surface area (Å²) in [5.41, 5.74) is -0.273. The SMILES string of the molecule is C=CCC(F)(C=C)C/C=C/C(=O)C=C1CCC(C)CC1. The van der Waals surface area contributed by atoms with Gasteiger partial charge in [0, 0.05) is 12.8 Å². The maximum atomic E-state index is 14.1. The predicted molar refractivity (Wildman–Crippen MR) is 83.3 cm³/mol. The van der Waals surface area contributed by atoms with Crippen molar-refractivity contribution in [2.75, 3.05) is 0 Å². The molecule has 0 aliphatic heterocycles. The Morgan fingerprint density at radius 1 is 1.35 bits per heavy atom. The standard InChI is InChI=1S/C18H25FO/c1-4-12-18(19,5-2)13-6-7-17(20)14-16-10-8-15(3)9-11-16/h4-7,14-15H,1-2,8-13H2,3H3/b7-6+,16-14?. The summed E-state index contributed by atoms with van der Waals surface area (Å²) in [7, 11) is 0. The third-order valence-electron chi connectivity index (χ3n) is 3.85. The van der Waals surface area contributed by atoms with Crippen molar-refractivity contribution in [3.8, 4) is 0 Å². The lowest BCUT2D eigenvalue weighted by atomic mass is 9.86. The van der Waals surface area contributed by atoms with Gasteiger partial charge in [-0.05, 0) is 43.8 Å². The van der Waals surface area contributed by atoms with Gasteiger partial charge in [0.15, 0.2) is 5.78 Å². The van der Waals surface area contributed by atoms with Gasteiger partial charge >= 0.3 is 0 Å². The van der Waals surface area contributed by atoms with Crippen molar-refractivity contribution in [2.24, 2.45) is 5.92 Å². The predicted octanol–water partition coefficient (Wildman–Crippen LogP) is 5.11. The first-order chi connectivity index (χ1) is 9.49. The van der Waals surface area contributed by atoms with Crippen molar-refractivity contribution in [1.82, 2.24) is 0 Å². The summed E-state index contributed by atoms with van der Waals surface area (Å²) < 4.78 is 14.1. The van der Waals surface area contributed by atoms with Gasteiger partial charge in [0.05, 0.1) is 0 Å². The molecule has 20 heavy (non-hydrogen) atoms. The lowest BCUT2D eigenvalue weighted by Gasteiger charge is -2.19. The Morgan fingerprint density at radius 3 is 2.55 bits per heavy atom. The summed E-state index contributed by atoms with van der Waals surface area (Å²) in [4.78, 5) is 11.8. The highest BCUT2D eigenvalue weighted by molar-refractivity contribution is 5.99. The van der Waals surface area contributed by atoms with Gasteiger partial charge in [-0.15, -0.1) is 6.58 Å². The van der Waals surface area contributed by atoms with Crippen molar-refractivity contribution in [3.63, 3.8) is 0 Å². The number of alkyl halides is 1. The molecule has 0 N–H and O–H groups in total. The van der Waals surface area contributed by atoms with Gasteiger partial charge in [0.2, 0.25) is 0 Å². The Morgan fingerprint density at radius 2 is 2.00 bits per heavy atom. The Labute approximate surface area is 122 Å². The minimum Gasteiger partial charge on any atom is -0.290 e. The highest BCUT2D eigenvalue weighted by atomic mass is 19.1. The molecular formula is C18H25FO. The molecule has 2 heteroatoms. The fourth-order valence-electron chi connectivity index (χ4n) is 2.39. The average Bonchev–Trinajstić information content (AvgIpc) is 2.42. The van der Waals surface area contributed by atoms with Crippen LogP contribution in [0.2, 0.25) is 0 Å². The van der Waals surface area contributed by atoms with E-state index in [9.17, 15) is 9.18 Å². The second-order valence-electron chi connectivity index (χ2n) is 5.73. The molecule has 0 saturated heterocycles. The van der Waals surface area contributed by atoms with E-state index in [4.69, 9.17) is 0 Å². The fraction of sp³-hybridized carbons (Fsp3) is 0.500. The molecular weight excluding hydrogens is 251 g/mol. The average molecular weight is 276 g/mol. The molecule has 1 saturated carbocycles. The van der Waals surface area contributed by atoms with Crippen LogP contribution in [-0.2, 0) is 4.79 Å². The molecule has 1 nitrogen and oxygen atoms in total. The topological polar surface area (TPSA) is 17.1 Å². The molecule has 110 valence electrons. The summed E-state index contributed by atoms with van der Waals surface area (Å²) in [5, 5.41) is 0. The van der Waals surface area contributed by atoms with Crippen molar-refractivity contribution in [3.05, 3.63) is 49.1 Å². The summed E-state index contributed by atoms with van der Waals surface area (Å²) in [6.45, 7) is 9.27. The minimum atomic E-state index is -1.49. The van der Waals surface area contributed by atoms with Crippen LogP contribution in [0.5, 0.6) is 0 Å². The van der Waals surface area contributed by atoms with Crippen molar-refractivity contribution >= 4 is 5.78 Å². The Bertz CT molecular complexity index is 409. The van der Waals surface area contributed by atoms with Crippen molar-refractivity contribution in [1.29, 1.82) is 0 Å². The number of carbonyl (C=O) groups is 1. The smallest absolute Gasteiger partial charge is 0.178 e. The zero-order valence-corrected chi connectivity index (χ0v) is 12.4. The van der Waals surface area contributed by atoms with Crippen LogP contribution in [-0.4, -0.2) is 11.5 Å². The fourth-order valence-corrected chi connectivity index (χ4v) is 2.39. The number of rotatable bonds is 7. The quantitative estimate of drug-likeness (QED) is 0.466. The summed E-state index contributed by atoms with van der Waals surface area (Å²) in [6, 6.07) is 0. The largest absolute Gasteiger partial charge is 0.290 e. The second-order valence-corrected chi connectivity index (χ2v) is 5.73. The Kier molecular flexibility index (Phi) is 6.63. The number of hydrogen-bond acceptors (Lipinski definition) is 1. The lowest BCUT2D eigenvalue weighted by Crippen LogP contribution is -2.17. The van der Waals surface area contributed by atoms with Gasteiger partial charge in [-0.1, -0.05) is 37.3 Å². The second kappa shape index (κ2) is 7.98. The van der Waals surface area contributed by atoms with Gasteiger partial charge in [0.1, 0.15) is 5.67 Å². The van der Waals surface area contributed by atoms with E-state index in [1.165, 1.54) is 23.8 Å². The summed E-state index contributed by atoms with van der Waals surface area (Å²) >= 11 is 0. The number of allylic oxidation sites excluding steroid dienone is 6. The molecule has 1 fully saturated rings. The van der Waals surface area contributed by atoms with E-state index in [-0.39, 0.29) is 18.6 Å². The highest BCUT2D eigenvalue weighted by Gasteiger charge is 2.21. The molecule has 1 atom stereocenters. The van der Waals surface area contributed by atoms with E-state index >= 15 is 0 Å². The van der Waals surface area contributed by atoms with Crippen LogP contribution < -0.4 is 0 Å². The molecule has 0 radical (unpaired) electrons. The van der Waals surface area contributed by atoms with E-state index in [0.29, 0.717) is 0 Å². The molecule has 0 bridgehead atoms. The number of halogens is 1. The molecule has 0 heterocycles. The molecule has 0 amide bonds. The molecule has 0 aromatic heterocycles. The van der Waals surface area contributed by atoms with E-state index < -0.39 is 5.67 Å². The van der Waals surface area contributed by atoms with E-state index in [0.717, 1.165) is 31.6 Å². The van der Waals surface area contributed by atoms with Crippen LogP contribution in [0.15, 0.2) is 49.1 Å². The minimum absolute atomic E-state index is 0.0421. The van der Waals surface area contributed by atoms with Gasteiger partial charge in [-0.3, -0.25) is 4.79 Å². The Balaban J connectivity index is 2.49. The van der Waals surface area contributed by atoms with Crippen molar-refractivity contribution in [2.45, 2.75) is 51.1 Å². The van der Waals surface area contributed by atoms with Gasteiger partial charge in [-0.2, -0.15) is 0 Å². The molecule has 0 spiro atoms. The number of hydrogen-bond donors (Lipinski definition) is 0. The zero-order chi connectivity index (χ0) is 15.0. The first-order valence-corrected chi connectivity index (χ1v) is 7.32. The van der Waals surface area contributed by atoms with Gasteiger partial charge in [0.25, 0.3) is 0 Å². The molecule has 1 unspecified atom stereocenters. The van der Waals surface area contributed by atoms with Crippen LogP contribution in [0.1, 0.15) is 45.4 Å². The van der Waals surface area contributed by atoms with E-state index in [1.54, 1.807) is 12.2 Å². The van der Waals surface area contributed by atoms with Crippen LogP contribution >= 0.6 is 0 Å². The van der Waals surface area contributed by atoms with Crippen LogP contribution in [0, 0.1) is 5.92 Å². The third kappa shape index (κ3) is 5.68. The number of ketones is 1. The molecule has 1 aliphatic carbocycles.